The summed E-state index contributed by atoms with van der Waals surface area (Å²) < 4.78 is 6.92. The smallest absolute Gasteiger partial charge is 0.315 e. The lowest BCUT2D eigenvalue weighted by Crippen LogP contribution is -2.07. The maximum atomic E-state index is 11.1. The Hall–Kier alpha value is -2.41. The first-order chi connectivity index (χ1) is 9.69. The van der Waals surface area contributed by atoms with Gasteiger partial charge in [-0.3, -0.25) is 14.8 Å². The molecular weight excluding hydrogens is 262 g/mol. The summed E-state index contributed by atoms with van der Waals surface area (Å²) in [6.07, 6.45) is 1.19. The molecule has 0 bridgehead atoms. The second kappa shape index (κ2) is 6.16. The van der Waals surface area contributed by atoms with Crippen LogP contribution in [0.25, 0.3) is 11.3 Å². The molecule has 0 radical (unpaired) electrons. The Balaban J connectivity index is 2.60. The van der Waals surface area contributed by atoms with Gasteiger partial charge in [-0.1, -0.05) is 12.1 Å². The Morgan fingerprint density at radius 2 is 2.20 bits per heavy atom. The normalized spacial score (nSPS) is 10.5. The molecule has 0 unspecified atom stereocenters. The van der Waals surface area contributed by atoms with E-state index >= 15 is 0 Å². The van der Waals surface area contributed by atoms with Crippen LogP contribution in [0.2, 0.25) is 0 Å². The minimum atomic E-state index is -0.487. The van der Waals surface area contributed by atoms with Gasteiger partial charge in [0.05, 0.1) is 24.7 Å². The minimum absolute atomic E-state index is 0.106. The lowest BCUT2D eigenvalue weighted by molar-refractivity contribution is -0.384. The fourth-order valence-electron chi connectivity index (χ4n) is 1.99. The fourth-order valence-corrected chi connectivity index (χ4v) is 1.99. The number of aliphatic hydroxyl groups excluding tert-OH is 1. The monoisotopic (exact) mass is 277 g/mol. The van der Waals surface area contributed by atoms with Crippen molar-refractivity contribution in [3.05, 3.63) is 40.6 Å². The van der Waals surface area contributed by atoms with Crippen molar-refractivity contribution < 1.29 is 14.8 Å². The second-order valence-corrected chi connectivity index (χ2v) is 4.01. The number of ether oxygens (including phenoxy) is 1. The highest BCUT2D eigenvalue weighted by atomic mass is 16.6. The van der Waals surface area contributed by atoms with Gasteiger partial charge in [-0.05, 0) is 19.1 Å². The van der Waals surface area contributed by atoms with E-state index in [1.165, 1.54) is 10.9 Å². The van der Waals surface area contributed by atoms with Gasteiger partial charge in [0, 0.05) is 5.56 Å². The standard InChI is InChI=1S/C13H15N3O4/c1-2-20-12-6-4-3-5-10(12)13-11(16(18)19)9-14-15(13)7-8-17/h3-6,9,17H,2,7-8H2,1H3. The molecule has 0 aliphatic heterocycles. The first-order valence-electron chi connectivity index (χ1n) is 6.22. The zero-order valence-corrected chi connectivity index (χ0v) is 11.0. The SMILES string of the molecule is CCOc1ccccc1-c1c([N+](=O)[O-])cnn1CCO. The summed E-state index contributed by atoms with van der Waals surface area (Å²) >= 11 is 0. The van der Waals surface area contributed by atoms with Crippen molar-refractivity contribution in [2.75, 3.05) is 13.2 Å². The van der Waals surface area contributed by atoms with Gasteiger partial charge in [0.15, 0.2) is 0 Å². The van der Waals surface area contributed by atoms with Crippen LogP contribution < -0.4 is 4.74 Å². The van der Waals surface area contributed by atoms with E-state index in [2.05, 4.69) is 5.10 Å². The number of nitro groups is 1. The lowest BCUT2D eigenvalue weighted by atomic mass is 10.1. The first kappa shape index (κ1) is 14.0. The molecule has 1 aromatic heterocycles. The van der Waals surface area contributed by atoms with Crippen molar-refractivity contribution in [2.24, 2.45) is 0 Å². The summed E-state index contributed by atoms with van der Waals surface area (Å²) in [6, 6.07) is 7.06. The van der Waals surface area contributed by atoms with Crippen molar-refractivity contribution in [1.82, 2.24) is 9.78 Å². The summed E-state index contributed by atoms with van der Waals surface area (Å²) in [5.41, 5.74) is 0.825. The van der Waals surface area contributed by atoms with Crippen LogP contribution in [0.1, 0.15) is 6.92 Å². The topological polar surface area (TPSA) is 90.4 Å². The number of aromatic nitrogens is 2. The van der Waals surface area contributed by atoms with Crippen LogP contribution in [-0.4, -0.2) is 33.0 Å². The summed E-state index contributed by atoms with van der Waals surface area (Å²) in [6.45, 7) is 2.33. The van der Waals surface area contributed by atoms with Crippen LogP contribution in [0.3, 0.4) is 0 Å². The zero-order valence-electron chi connectivity index (χ0n) is 11.0. The van der Waals surface area contributed by atoms with E-state index in [9.17, 15) is 10.1 Å². The maximum Gasteiger partial charge on any atom is 0.315 e. The number of hydrogen-bond acceptors (Lipinski definition) is 5. The number of nitrogens with zero attached hydrogens (tertiary/aromatic N) is 3. The molecule has 0 atom stereocenters. The molecular formula is C13H15N3O4. The average molecular weight is 277 g/mol. The third kappa shape index (κ3) is 2.62. The summed E-state index contributed by atoms with van der Waals surface area (Å²) in [5, 5.41) is 24.1. The van der Waals surface area contributed by atoms with Crippen LogP contribution >= 0.6 is 0 Å². The molecule has 2 rings (SSSR count). The molecule has 0 fully saturated rings. The minimum Gasteiger partial charge on any atom is -0.493 e. The third-order valence-electron chi connectivity index (χ3n) is 2.77. The molecule has 0 saturated heterocycles. The number of aliphatic hydroxyl groups is 1. The number of rotatable bonds is 6. The summed E-state index contributed by atoms with van der Waals surface area (Å²) in [7, 11) is 0. The molecule has 0 spiro atoms. The molecule has 1 aromatic carbocycles. The average Bonchev–Trinajstić information content (AvgIpc) is 2.84. The van der Waals surface area contributed by atoms with Crippen molar-refractivity contribution in [3.63, 3.8) is 0 Å². The van der Waals surface area contributed by atoms with Gasteiger partial charge in [0.25, 0.3) is 0 Å². The summed E-state index contributed by atoms with van der Waals surface area (Å²) in [4.78, 5) is 10.6. The molecule has 7 heteroatoms. The predicted octanol–water partition coefficient (Wildman–Crippen LogP) is 1.85. The van der Waals surface area contributed by atoms with E-state index in [-0.39, 0.29) is 18.8 Å². The highest BCUT2D eigenvalue weighted by molar-refractivity contribution is 5.75. The first-order valence-corrected chi connectivity index (χ1v) is 6.22. The number of para-hydroxylation sites is 1. The molecule has 106 valence electrons. The Kier molecular flexibility index (Phi) is 4.31. The van der Waals surface area contributed by atoms with Gasteiger partial charge in [-0.15, -0.1) is 0 Å². The Morgan fingerprint density at radius 1 is 1.45 bits per heavy atom. The second-order valence-electron chi connectivity index (χ2n) is 4.01. The van der Waals surface area contributed by atoms with Crippen LogP contribution in [-0.2, 0) is 6.54 Å². The molecule has 0 aliphatic carbocycles. The molecule has 1 heterocycles. The van der Waals surface area contributed by atoms with Crippen molar-refractivity contribution in [1.29, 1.82) is 0 Å². The highest BCUT2D eigenvalue weighted by Gasteiger charge is 2.24. The van der Waals surface area contributed by atoms with E-state index in [4.69, 9.17) is 9.84 Å². The van der Waals surface area contributed by atoms with E-state index < -0.39 is 4.92 Å². The van der Waals surface area contributed by atoms with Gasteiger partial charge in [0.2, 0.25) is 0 Å². The van der Waals surface area contributed by atoms with Crippen molar-refractivity contribution in [2.45, 2.75) is 13.5 Å². The molecule has 0 saturated carbocycles. The van der Waals surface area contributed by atoms with Gasteiger partial charge in [-0.2, -0.15) is 5.10 Å². The molecule has 20 heavy (non-hydrogen) atoms. The van der Waals surface area contributed by atoms with E-state index in [0.717, 1.165) is 0 Å². The molecule has 7 nitrogen and oxygen atoms in total. The summed E-state index contributed by atoms with van der Waals surface area (Å²) in [5.74, 6) is 0.554. The van der Waals surface area contributed by atoms with Crippen molar-refractivity contribution in [3.8, 4) is 17.0 Å². The maximum absolute atomic E-state index is 11.1. The lowest BCUT2D eigenvalue weighted by Gasteiger charge is -2.11. The predicted molar refractivity (Wildman–Crippen MR) is 72.6 cm³/mol. The molecule has 1 N–H and O–H groups in total. The highest BCUT2D eigenvalue weighted by Crippen LogP contribution is 2.35. The quantitative estimate of drug-likeness (QED) is 0.642. The van der Waals surface area contributed by atoms with Crippen LogP contribution in [0.5, 0.6) is 5.75 Å². The van der Waals surface area contributed by atoms with E-state index in [0.29, 0.717) is 23.6 Å². The molecule has 0 amide bonds. The Bertz CT molecular complexity index is 609. The van der Waals surface area contributed by atoms with Crippen molar-refractivity contribution >= 4 is 5.69 Å². The van der Waals surface area contributed by atoms with Gasteiger partial charge >= 0.3 is 5.69 Å². The van der Waals surface area contributed by atoms with Crippen LogP contribution in [0.4, 0.5) is 5.69 Å². The molecule has 0 aliphatic rings. The third-order valence-corrected chi connectivity index (χ3v) is 2.77. The van der Waals surface area contributed by atoms with E-state index in [1.54, 1.807) is 24.3 Å². The Morgan fingerprint density at radius 3 is 2.85 bits per heavy atom. The van der Waals surface area contributed by atoms with Gasteiger partial charge in [-0.25, -0.2) is 0 Å². The number of benzene rings is 1. The fraction of sp³-hybridized carbons (Fsp3) is 0.308. The molecule has 2 aromatic rings. The van der Waals surface area contributed by atoms with Gasteiger partial charge < -0.3 is 9.84 Å². The van der Waals surface area contributed by atoms with E-state index in [1.807, 2.05) is 6.92 Å². The zero-order chi connectivity index (χ0) is 14.5. The van der Waals surface area contributed by atoms with Crippen LogP contribution in [0, 0.1) is 10.1 Å². The van der Waals surface area contributed by atoms with Crippen LogP contribution in [0.15, 0.2) is 30.5 Å². The number of hydrogen-bond donors (Lipinski definition) is 1. The largest absolute Gasteiger partial charge is 0.493 e. The Labute approximate surface area is 115 Å². The van der Waals surface area contributed by atoms with Gasteiger partial charge in [0.1, 0.15) is 17.6 Å².